The second-order valence-corrected chi connectivity index (χ2v) is 5.34. The van der Waals surface area contributed by atoms with E-state index >= 15 is 0 Å². The molecule has 0 saturated carbocycles. The molecule has 2 nitrogen and oxygen atoms in total. The molecular weight excluding hydrogens is 228 g/mol. The maximum atomic E-state index is 3.21. The summed E-state index contributed by atoms with van der Waals surface area (Å²) in [7, 11) is 4.21. The maximum Gasteiger partial charge on any atom is 0.0233 e. The van der Waals surface area contributed by atoms with Crippen molar-refractivity contribution in [2.24, 2.45) is 0 Å². The third kappa shape index (κ3) is 5.57. The fourth-order valence-corrected chi connectivity index (χ4v) is 2.33. The first-order valence-corrected chi connectivity index (χ1v) is 7.56. The van der Waals surface area contributed by atoms with Crippen molar-refractivity contribution >= 4 is 11.8 Å². The lowest BCUT2D eigenvalue weighted by atomic mass is 10.0. The molecule has 1 aromatic rings. The lowest BCUT2D eigenvalue weighted by molar-refractivity contribution is 0.347. The molecule has 17 heavy (non-hydrogen) atoms. The van der Waals surface area contributed by atoms with Gasteiger partial charge in [-0.05, 0) is 44.4 Å². The Labute approximate surface area is 110 Å². The summed E-state index contributed by atoms with van der Waals surface area (Å²) in [5, 5.41) is 3.21. The van der Waals surface area contributed by atoms with Gasteiger partial charge in [0.2, 0.25) is 0 Å². The standard InChI is InChI=1S/C14H24N2S/c1-15-9-8-13-6-4-5-7-14(13)12-16(2)10-11-17-3/h4-7,15H,8-12H2,1-3H3. The largest absolute Gasteiger partial charge is 0.319 e. The van der Waals surface area contributed by atoms with Gasteiger partial charge in [0, 0.05) is 18.8 Å². The van der Waals surface area contributed by atoms with Gasteiger partial charge in [0.25, 0.3) is 0 Å². The first kappa shape index (κ1) is 14.6. The Bertz CT molecular complexity index is 315. The summed E-state index contributed by atoms with van der Waals surface area (Å²) in [5.74, 6) is 1.20. The van der Waals surface area contributed by atoms with Crippen LogP contribution in [0, 0.1) is 0 Å². The van der Waals surface area contributed by atoms with E-state index in [1.165, 1.54) is 16.9 Å². The quantitative estimate of drug-likeness (QED) is 0.764. The smallest absolute Gasteiger partial charge is 0.0233 e. The number of thioether (sulfide) groups is 1. The molecule has 0 atom stereocenters. The number of nitrogens with one attached hydrogen (secondary N) is 1. The highest BCUT2D eigenvalue weighted by molar-refractivity contribution is 7.98. The third-order valence-electron chi connectivity index (χ3n) is 2.88. The van der Waals surface area contributed by atoms with Crippen molar-refractivity contribution in [3.05, 3.63) is 35.4 Å². The van der Waals surface area contributed by atoms with Gasteiger partial charge in [-0.2, -0.15) is 11.8 Å². The van der Waals surface area contributed by atoms with Crippen molar-refractivity contribution < 1.29 is 0 Å². The van der Waals surface area contributed by atoms with E-state index in [1.54, 1.807) is 0 Å². The topological polar surface area (TPSA) is 15.3 Å². The van der Waals surface area contributed by atoms with Crippen LogP contribution in [-0.4, -0.2) is 44.1 Å². The molecule has 0 amide bonds. The van der Waals surface area contributed by atoms with Gasteiger partial charge in [-0.25, -0.2) is 0 Å². The molecule has 1 N–H and O–H groups in total. The lowest BCUT2D eigenvalue weighted by Gasteiger charge is -2.18. The summed E-state index contributed by atoms with van der Waals surface area (Å²) in [4.78, 5) is 2.40. The molecule has 0 unspecified atom stereocenters. The highest BCUT2D eigenvalue weighted by atomic mass is 32.2. The van der Waals surface area contributed by atoms with E-state index in [-0.39, 0.29) is 0 Å². The molecule has 96 valence electrons. The highest BCUT2D eigenvalue weighted by Gasteiger charge is 2.04. The number of nitrogens with zero attached hydrogens (tertiary/aromatic N) is 1. The highest BCUT2D eigenvalue weighted by Crippen LogP contribution is 2.11. The second kappa shape index (κ2) is 8.56. The van der Waals surface area contributed by atoms with Gasteiger partial charge in [-0.3, -0.25) is 0 Å². The zero-order chi connectivity index (χ0) is 12.5. The van der Waals surface area contributed by atoms with E-state index in [9.17, 15) is 0 Å². The van der Waals surface area contributed by atoms with Crippen LogP contribution in [0.5, 0.6) is 0 Å². The van der Waals surface area contributed by atoms with Gasteiger partial charge in [0.1, 0.15) is 0 Å². The molecule has 0 aromatic heterocycles. The fraction of sp³-hybridized carbons (Fsp3) is 0.571. The molecule has 0 fully saturated rings. The maximum absolute atomic E-state index is 3.21. The average Bonchev–Trinajstić information content (AvgIpc) is 2.35. The van der Waals surface area contributed by atoms with E-state index in [2.05, 4.69) is 47.8 Å². The molecule has 1 rings (SSSR count). The van der Waals surface area contributed by atoms with Crippen molar-refractivity contribution in [1.29, 1.82) is 0 Å². The summed E-state index contributed by atoms with van der Waals surface area (Å²) in [6.07, 6.45) is 3.28. The summed E-state index contributed by atoms with van der Waals surface area (Å²) in [6, 6.07) is 8.77. The van der Waals surface area contributed by atoms with Gasteiger partial charge >= 0.3 is 0 Å². The van der Waals surface area contributed by atoms with Crippen molar-refractivity contribution in [3.63, 3.8) is 0 Å². The Balaban J connectivity index is 2.56. The Morgan fingerprint density at radius 2 is 1.94 bits per heavy atom. The first-order valence-electron chi connectivity index (χ1n) is 6.16. The minimum Gasteiger partial charge on any atom is -0.319 e. The van der Waals surface area contributed by atoms with Gasteiger partial charge in [0.15, 0.2) is 0 Å². The second-order valence-electron chi connectivity index (χ2n) is 4.35. The zero-order valence-electron chi connectivity index (χ0n) is 11.2. The monoisotopic (exact) mass is 252 g/mol. The molecule has 3 heteroatoms. The molecule has 0 saturated heterocycles. The van der Waals surface area contributed by atoms with Crippen LogP contribution in [0.2, 0.25) is 0 Å². The Morgan fingerprint density at radius 1 is 1.24 bits per heavy atom. The summed E-state index contributed by atoms with van der Waals surface area (Å²) in [5.41, 5.74) is 2.93. The minimum atomic E-state index is 1.05. The van der Waals surface area contributed by atoms with E-state index in [0.717, 1.165) is 26.1 Å². The zero-order valence-corrected chi connectivity index (χ0v) is 12.0. The lowest BCUT2D eigenvalue weighted by Crippen LogP contribution is -2.22. The van der Waals surface area contributed by atoms with Crippen LogP contribution in [0.3, 0.4) is 0 Å². The molecule has 0 aliphatic heterocycles. The van der Waals surface area contributed by atoms with E-state index in [0.29, 0.717) is 0 Å². The van der Waals surface area contributed by atoms with E-state index in [4.69, 9.17) is 0 Å². The molecule has 0 aliphatic carbocycles. The van der Waals surface area contributed by atoms with Crippen molar-refractivity contribution in [2.75, 3.05) is 39.2 Å². The number of rotatable bonds is 8. The minimum absolute atomic E-state index is 1.05. The normalized spacial score (nSPS) is 11.1. The van der Waals surface area contributed by atoms with Gasteiger partial charge < -0.3 is 10.2 Å². The average molecular weight is 252 g/mol. The summed E-state index contributed by atoms with van der Waals surface area (Å²) < 4.78 is 0. The van der Waals surface area contributed by atoms with Crippen LogP contribution in [0.15, 0.2) is 24.3 Å². The number of hydrogen-bond donors (Lipinski definition) is 1. The van der Waals surface area contributed by atoms with Crippen LogP contribution in [-0.2, 0) is 13.0 Å². The predicted molar refractivity (Wildman–Crippen MR) is 78.8 cm³/mol. The Morgan fingerprint density at radius 3 is 2.59 bits per heavy atom. The predicted octanol–water partition coefficient (Wildman–Crippen LogP) is 2.24. The van der Waals surface area contributed by atoms with Crippen molar-refractivity contribution in [3.8, 4) is 0 Å². The van der Waals surface area contributed by atoms with Crippen LogP contribution >= 0.6 is 11.8 Å². The van der Waals surface area contributed by atoms with Gasteiger partial charge in [-0.1, -0.05) is 24.3 Å². The molecule has 0 heterocycles. The molecule has 0 spiro atoms. The Hall–Kier alpha value is -0.510. The Kier molecular flexibility index (Phi) is 7.33. The number of hydrogen-bond acceptors (Lipinski definition) is 3. The number of likely N-dealkylation sites (N-methyl/N-ethyl adjacent to an activating group) is 1. The first-order chi connectivity index (χ1) is 8.27. The van der Waals surface area contributed by atoms with E-state index < -0.39 is 0 Å². The van der Waals surface area contributed by atoms with Crippen LogP contribution in [0.25, 0.3) is 0 Å². The SMILES string of the molecule is CNCCc1ccccc1CN(C)CCSC. The molecule has 0 radical (unpaired) electrons. The molecule has 1 aromatic carbocycles. The summed E-state index contributed by atoms with van der Waals surface area (Å²) in [6.45, 7) is 3.26. The molecular formula is C14H24N2S. The van der Waals surface area contributed by atoms with Crippen LogP contribution in [0.1, 0.15) is 11.1 Å². The van der Waals surface area contributed by atoms with Gasteiger partial charge in [-0.15, -0.1) is 0 Å². The summed E-state index contributed by atoms with van der Waals surface area (Å²) >= 11 is 1.91. The van der Waals surface area contributed by atoms with Gasteiger partial charge in [0.05, 0.1) is 0 Å². The third-order valence-corrected chi connectivity index (χ3v) is 3.47. The van der Waals surface area contributed by atoms with Crippen LogP contribution in [0.4, 0.5) is 0 Å². The van der Waals surface area contributed by atoms with Crippen LogP contribution < -0.4 is 5.32 Å². The van der Waals surface area contributed by atoms with Crippen molar-refractivity contribution in [1.82, 2.24) is 10.2 Å². The molecule has 0 aliphatic rings. The van der Waals surface area contributed by atoms with Crippen molar-refractivity contribution in [2.45, 2.75) is 13.0 Å². The van der Waals surface area contributed by atoms with E-state index in [1.807, 2.05) is 18.8 Å². The fourth-order valence-electron chi connectivity index (χ4n) is 1.83. The molecule has 0 bridgehead atoms. The number of benzene rings is 1.